The molecule has 0 saturated carbocycles. The molecule has 0 aromatic rings. The third kappa shape index (κ3) is 10.7. The van der Waals surface area contributed by atoms with Crippen molar-refractivity contribution in [2.75, 3.05) is 13.2 Å². The van der Waals surface area contributed by atoms with Gasteiger partial charge in [-0.25, -0.2) is 9.59 Å². The second-order valence-corrected chi connectivity index (χ2v) is 4.42. The Bertz CT molecular complexity index is 474. The highest BCUT2D eigenvalue weighted by atomic mass is 16.6. The molecule has 0 spiro atoms. The third-order valence-corrected chi connectivity index (χ3v) is 2.70. The Kier molecular flexibility index (Phi) is 11.5. The van der Waals surface area contributed by atoms with Crippen molar-refractivity contribution >= 4 is 18.0 Å². The molecule has 1 unspecified atom stereocenters. The molecule has 0 aromatic carbocycles. The average molecular weight is 323 g/mol. The summed E-state index contributed by atoms with van der Waals surface area (Å²) in [5.74, 6) is 1.14. The van der Waals surface area contributed by atoms with E-state index >= 15 is 0 Å². The average Bonchev–Trinajstić information content (AvgIpc) is 2.51. The van der Waals surface area contributed by atoms with Gasteiger partial charge in [-0.1, -0.05) is 25.2 Å². The van der Waals surface area contributed by atoms with Gasteiger partial charge in [-0.2, -0.15) is 0 Å². The van der Waals surface area contributed by atoms with Gasteiger partial charge < -0.3 is 19.5 Å². The van der Waals surface area contributed by atoms with E-state index in [1.54, 1.807) is 6.92 Å². The predicted molar refractivity (Wildman–Crippen MR) is 81.7 cm³/mol. The minimum absolute atomic E-state index is 0.182. The number of nitrogens with one attached hydrogen (secondary N) is 1. The summed E-state index contributed by atoms with van der Waals surface area (Å²) >= 11 is 0. The number of amides is 1. The van der Waals surface area contributed by atoms with Gasteiger partial charge in [-0.15, -0.1) is 6.42 Å². The van der Waals surface area contributed by atoms with Gasteiger partial charge in [0, 0.05) is 6.42 Å². The van der Waals surface area contributed by atoms with Crippen LogP contribution in [-0.4, -0.2) is 37.3 Å². The highest BCUT2D eigenvalue weighted by Crippen LogP contribution is 2.08. The van der Waals surface area contributed by atoms with Crippen LogP contribution in [0.4, 0.5) is 4.79 Å². The van der Waals surface area contributed by atoms with Gasteiger partial charge in [0.1, 0.15) is 12.1 Å². The number of carbonyl (C=O) groups is 3. The van der Waals surface area contributed by atoms with Crippen LogP contribution in [0.5, 0.6) is 0 Å². The normalized spacial score (nSPS) is 10.6. The van der Waals surface area contributed by atoms with E-state index in [2.05, 4.69) is 20.7 Å². The van der Waals surface area contributed by atoms with Crippen LogP contribution >= 0.6 is 0 Å². The molecule has 1 N–H and O–H groups in total. The summed E-state index contributed by atoms with van der Waals surface area (Å²) in [6.45, 7) is 1.69. The van der Waals surface area contributed by atoms with E-state index in [-0.39, 0.29) is 19.6 Å². The first-order chi connectivity index (χ1) is 11.0. The first-order valence-corrected chi connectivity index (χ1v) is 7.23. The van der Waals surface area contributed by atoms with Crippen molar-refractivity contribution < 1.29 is 28.6 Å². The maximum absolute atomic E-state index is 11.8. The van der Waals surface area contributed by atoms with Crippen molar-refractivity contribution in [1.29, 1.82) is 0 Å². The minimum Gasteiger partial charge on any atom is -0.464 e. The molecule has 1 atom stereocenters. The van der Waals surface area contributed by atoms with E-state index in [1.165, 1.54) is 0 Å². The molecular weight excluding hydrogens is 302 g/mol. The summed E-state index contributed by atoms with van der Waals surface area (Å²) in [4.78, 5) is 34.3. The molecule has 0 aromatic heterocycles. The number of unbranched alkanes of at least 4 members (excludes halogenated alkanes) is 2. The molecule has 0 saturated heterocycles. The van der Waals surface area contributed by atoms with Gasteiger partial charge in [0.05, 0.1) is 6.61 Å². The van der Waals surface area contributed by atoms with Crippen LogP contribution < -0.4 is 5.32 Å². The number of hydrogen-bond donors (Lipinski definition) is 1. The van der Waals surface area contributed by atoms with E-state index in [9.17, 15) is 14.4 Å². The molecule has 1 amide bonds. The lowest BCUT2D eigenvalue weighted by molar-refractivity contribution is -0.145. The first-order valence-electron chi connectivity index (χ1n) is 7.23. The summed E-state index contributed by atoms with van der Waals surface area (Å²) < 4.78 is 13.9. The molecule has 0 bridgehead atoms. The predicted octanol–water partition coefficient (Wildman–Crippen LogP) is 1.36. The van der Waals surface area contributed by atoms with Gasteiger partial charge in [0.15, 0.2) is 6.61 Å². The molecule has 7 nitrogen and oxygen atoms in total. The Morgan fingerprint density at radius 3 is 2.48 bits per heavy atom. The summed E-state index contributed by atoms with van der Waals surface area (Å²) in [6.07, 6.45) is 13.2. The van der Waals surface area contributed by atoms with Crippen molar-refractivity contribution in [2.45, 2.75) is 45.1 Å². The number of carbonyl (C=O) groups excluding carboxylic acids is 3. The van der Waals surface area contributed by atoms with Crippen LogP contribution in [0.1, 0.15) is 39.0 Å². The van der Waals surface area contributed by atoms with Gasteiger partial charge in [-0.05, 0) is 19.8 Å². The third-order valence-electron chi connectivity index (χ3n) is 2.70. The van der Waals surface area contributed by atoms with Gasteiger partial charge in [0.2, 0.25) is 0 Å². The number of terminal acetylenes is 2. The number of ether oxygens (including phenoxy) is 3. The van der Waals surface area contributed by atoms with Gasteiger partial charge in [0.25, 0.3) is 0 Å². The van der Waals surface area contributed by atoms with E-state index in [1.807, 2.05) is 6.11 Å². The van der Waals surface area contributed by atoms with Crippen molar-refractivity contribution in [2.24, 2.45) is 0 Å². The van der Waals surface area contributed by atoms with Crippen LogP contribution in [0.3, 0.4) is 0 Å². The zero-order valence-corrected chi connectivity index (χ0v) is 13.1. The summed E-state index contributed by atoms with van der Waals surface area (Å²) in [6, 6.07) is -0.821. The van der Waals surface area contributed by atoms with E-state index in [0.717, 1.165) is 0 Å². The minimum atomic E-state index is -0.821. The molecule has 0 aliphatic rings. The lowest BCUT2D eigenvalue weighted by Crippen LogP contribution is -2.42. The maximum Gasteiger partial charge on any atom is 0.408 e. The van der Waals surface area contributed by atoms with Gasteiger partial charge >= 0.3 is 18.0 Å². The lowest BCUT2D eigenvalue weighted by atomic mass is 10.1. The SMILES string of the molecule is C#CCOC(=O)NC(CCCCCC(=O)OC#C)C(=O)OCC. The largest absolute Gasteiger partial charge is 0.464 e. The lowest BCUT2D eigenvalue weighted by Gasteiger charge is -2.16. The highest BCUT2D eigenvalue weighted by Gasteiger charge is 2.22. The molecule has 0 radical (unpaired) electrons. The molecule has 23 heavy (non-hydrogen) atoms. The summed E-state index contributed by atoms with van der Waals surface area (Å²) in [7, 11) is 0. The van der Waals surface area contributed by atoms with Crippen molar-refractivity contribution in [1.82, 2.24) is 5.32 Å². The van der Waals surface area contributed by atoms with Crippen LogP contribution in [0.25, 0.3) is 0 Å². The smallest absolute Gasteiger partial charge is 0.408 e. The molecule has 7 heteroatoms. The van der Waals surface area contributed by atoms with E-state index in [0.29, 0.717) is 25.7 Å². The van der Waals surface area contributed by atoms with Crippen LogP contribution in [0, 0.1) is 24.9 Å². The molecule has 126 valence electrons. The highest BCUT2D eigenvalue weighted by molar-refractivity contribution is 5.81. The number of esters is 2. The fourth-order valence-corrected chi connectivity index (χ4v) is 1.69. The summed E-state index contributed by atoms with van der Waals surface area (Å²) in [5.41, 5.74) is 0. The monoisotopic (exact) mass is 323 g/mol. The fraction of sp³-hybridized carbons (Fsp3) is 0.562. The Hall–Kier alpha value is -2.67. The molecule has 0 fully saturated rings. The van der Waals surface area contributed by atoms with E-state index < -0.39 is 24.1 Å². The van der Waals surface area contributed by atoms with Crippen LogP contribution in [0.15, 0.2) is 0 Å². The van der Waals surface area contributed by atoms with Crippen LogP contribution in [0.2, 0.25) is 0 Å². The standard InChI is InChI=1S/C16H21NO6/c1-4-12-23-16(20)17-13(15(19)22-6-3)10-8-7-9-11-14(18)21-5-2/h1-2,13H,6-12H2,3H3,(H,17,20). The Balaban J connectivity index is 4.19. The number of hydrogen-bond acceptors (Lipinski definition) is 6. The Labute approximate surface area is 136 Å². The first kappa shape index (κ1) is 20.3. The van der Waals surface area contributed by atoms with Crippen molar-refractivity contribution in [3.63, 3.8) is 0 Å². The second kappa shape index (κ2) is 13.0. The molecule has 0 heterocycles. The summed E-state index contributed by atoms with van der Waals surface area (Å²) in [5, 5.41) is 2.41. The molecular formula is C16H21NO6. The van der Waals surface area contributed by atoms with Crippen molar-refractivity contribution in [3.8, 4) is 24.9 Å². The zero-order chi connectivity index (χ0) is 17.5. The molecule has 0 aliphatic carbocycles. The Morgan fingerprint density at radius 1 is 1.13 bits per heavy atom. The maximum atomic E-state index is 11.8. The van der Waals surface area contributed by atoms with E-state index in [4.69, 9.17) is 17.6 Å². The number of rotatable bonds is 10. The van der Waals surface area contributed by atoms with Gasteiger partial charge in [-0.3, -0.25) is 4.79 Å². The second-order valence-electron chi connectivity index (χ2n) is 4.42. The molecule has 0 rings (SSSR count). The van der Waals surface area contributed by atoms with Crippen molar-refractivity contribution in [3.05, 3.63) is 0 Å². The number of alkyl carbamates (subject to hydrolysis) is 1. The Morgan fingerprint density at radius 2 is 1.87 bits per heavy atom. The zero-order valence-electron chi connectivity index (χ0n) is 13.1. The quantitative estimate of drug-likeness (QED) is 0.282. The fourth-order valence-electron chi connectivity index (χ4n) is 1.69. The molecule has 0 aliphatic heterocycles. The topological polar surface area (TPSA) is 90.9 Å². The van der Waals surface area contributed by atoms with Crippen LogP contribution in [-0.2, 0) is 23.8 Å².